The van der Waals surface area contributed by atoms with Gasteiger partial charge in [0.2, 0.25) is 0 Å². The van der Waals surface area contributed by atoms with E-state index < -0.39 is 0 Å². The Morgan fingerprint density at radius 2 is 2.07 bits per heavy atom. The predicted octanol–water partition coefficient (Wildman–Crippen LogP) is 3.41. The first-order valence-electron chi connectivity index (χ1n) is 5.17. The van der Waals surface area contributed by atoms with Crippen molar-refractivity contribution in [2.45, 2.75) is 34.1 Å². The average molecular weight is 192 g/mol. The Balaban J connectivity index is 0.000000791. The highest BCUT2D eigenvalue weighted by Crippen LogP contribution is 2.10. The summed E-state index contributed by atoms with van der Waals surface area (Å²) in [5, 5.41) is 0. The van der Waals surface area contributed by atoms with Crippen molar-refractivity contribution in [3.05, 3.63) is 23.4 Å². The maximum Gasteiger partial charge on any atom is 0.0841 e. The molecule has 2 nitrogen and oxygen atoms in total. The van der Waals surface area contributed by atoms with Gasteiger partial charge >= 0.3 is 0 Å². The van der Waals surface area contributed by atoms with Gasteiger partial charge in [0, 0.05) is 13.3 Å². The standard InChI is InChI=1S/C10H14N2.C2H6/c1-4-5-9-10(11-3)6-8(2)7-12-9;1-2/h5-7H,4H2,1-3H3;1-2H3/b9-5+,11-10?;. The highest BCUT2D eigenvalue weighted by atomic mass is 14.8. The Labute approximate surface area is 87.2 Å². The predicted molar refractivity (Wildman–Crippen MR) is 65.3 cm³/mol. The monoisotopic (exact) mass is 192 g/mol. The van der Waals surface area contributed by atoms with Gasteiger partial charge in [0.1, 0.15) is 0 Å². The zero-order valence-corrected chi connectivity index (χ0v) is 9.83. The molecule has 0 unspecified atom stereocenters. The van der Waals surface area contributed by atoms with Gasteiger partial charge in [-0.05, 0) is 25.0 Å². The Hall–Kier alpha value is -1.18. The molecule has 0 aromatic rings. The largest absolute Gasteiger partial charge is 0.286 e. The van der Waals surface area contributed by atoms with E-state index in [1.54, 1.807) is 7.05 Å². The maximum absolute atomic E-state index is 4.29. The van der Waals surface area contributed by atoms with Gasteiger partial charge in [-0.25, -0.2) is 0 Å². The third-order valence-corrected chi connectivity index (χ3v) is 1.67. The lowest BCUT2D eigenvalue weighted by Crippen LogP contribution is -2.04. The molecule has 0 atom stereocenters. The van der Waals surface area contributed by atoms with E-state index in [1.807, 2.05) is 27.0 Å². The minimum absolute atomic E-state index is 0.983. The zero-order chi connectivity index (χ0) is 11.0. The highest BCUT2D eigenvalue weighted by Gasteiger charge is 2.05. The summed E-state index contributed by atoms with van der Waals surface area (Å²) in [6, 6.07) is 0. The molecule has 1 aliphatic rings. The van der Waals surface area contributed by atoms with E-state index in [1.165, 1.54) is 0 Å². The minimum Gasteiger partial charge on any atom is -0.286 e. The summed E-state index contributed by atoms with van der Waals surface area (Å²) in [6.07, 6.45) is 7.00. The molecule has 0 fully saturated rings. The van der Waals surface area contributed by atoms with Crippen molar-refractivity contribution in [3.63, 3.8) is 0 Å². The van der Waals surface area contributed by atoms with Crippen LogP contribution in [0.5, 0.6) is 0 Å². The molecule has 0 saturated carbocycles. The molecule has 78 valence electrons. The first-order valence-corrected chi connectivity index (χ1v) is 5.17. The molecule has 0 aromatic carbocycles. The summed E-state index contributed by atoms with van der Waals surface area (Å²) >= 11 is 0. The summed E-state index contributed by atoms with van der Waals surface area (Å²) in [5.41, 5.74) is 3.13. The number of allylic oxidation sites excluding steroid dienone is 3. The van der Waals surface area contributed by atoms with Crippen molar-refractivity contribution in [1.82, 2.24) is 0 Å². The van der Waals surface area contributed by atoms with E-state index in [2.05, 4.69) is 29.1 Å². The number of dihydropyridines is 1. The van der Waals surface area contributed by atoms with Gasteiger partial charge < -0.3 is 0 Å². The molecule has 0 aliphatic carbocycles. The minimum atomic E-state index is 0.983. The van der Waals surface area contributed by atoms with Crippen LogP contribution < -0.4 is 0 Å². The molecule has 1 heterocycles. The summed E-state index contributed by atoms with van der Waals surface area (Å²) in [5.74, 6) is 0. The molecular formula is C12H20N2. The van der Waals surface area contributed by atoms with Crippen molar-refractivity contribution in [2.75, 3.05) is 7.05 Å². The quantitative estimate of drug-likeness (QED) is 0.608. The van der Waals surface area contributed by atoms with Gasteiger partial charge in [-0.2, -0.15) is 0 Å². The van der Waals surface area contributed by atoms with Crippen molar-refractivity contribution in [3.8, 4) is 0 Å². The van der Waals surface area contributed by atoms with Gasteiger partial charge in [0.25, 0.3) is 0 Å². The van der Waals surface area contributed by atoms with Crippen LogP contribution in [0.25, 0.3) is 0 Å². The van der Waals surface area contributed by atoms with Gasteiger partial charge in [0.05, 0.1) is 11.4 Å². The number of rotatable bonds is 1. The molecule has 0 radical (unpaired) electrons. The van der Waals surface area contributed by atoms with Gasteiger partial charge in [-0.1, -0.05) is 26.8 Å². The molecule has 0 amide bonds. The zero-order valence-electron chi connectivity index (χ0n) is 9.83. The molecule has 2 heteroatoms. The summed E-state index contributed by atoms with van der Waals surface area (Å²) in [4.78, 5) is 8.45. The first kappa shape index (κ1) is 12.8. The summed E-state index contributed by atoms with van der Waals surface area (Å²) in [6.45, 7) is 8.12. The van der Waals surface area contributed by atoms with Crippen LogP contribution >= 0.6 is 0 Å². The highest BCUT2D eigenvalue weighted by molar-refractivity contribution is 6.13. The van der Waals surface area contributed by atoms with E-state index in [0.717, 1.165) is 23.4 Å². The third-order valence-electron chi connectivity index (χ3n) is 1.67. The van der Waals surface area contributed by atoms with E-state index in [0.29, 0.717) is 0 Å². The number of nitrogens with zero attached hydrogens (tertiary/aromatic N) is 2. The lowest BCUT2D eigenvalue weighted by atomic mass is 10.1. The van der Waals surface area contributed by atoms with Crippen LogP contribution in [-0.2, 0) is 0 Å². The van der Waals surface area contributed by atoms with Gasteiger partial charge in [0.15, 0.2) is 0 Å². The van der Waals surface area contributed by atoms with Crippen molar-refractivity contribution < 1.29 is 0 Å². The molecular weight excluding hydrogens is 172 g/mol. The Bertz CT molecular complexity index is 281. The van der Waals surface area contributed by atoms with E-state index >= 15 is 0 Å². The van der Waals surface area contributed by atoms with Crippen LogP contribution in [0.1, 0.15) is 34.1 Å². The smallest absolute Gasteiger partial charge is 0.0841 e. The molecule has 0 N–H and O–H groups in total. The molecule has 0 saturated heterocycles. The Kier molecular flexibility index (Phi) is 6.63. The third kappa shape index (κ3) is 3.69. The van der Waals surface area contributed by atoms with Crippen LogP contribution in [-0.4, -0.2) is 19.0 Å². The van der Waals surface area contributed by atoms with E-state index in [4.69, 9.17) is 0 Å². The van der Waals surface area contributed by atoms with Crippen LogP contribution in [0, 0.1) is 0 Å². The van der Waals surface area contributed by atoms with E-state index in [-0.39, 0.29) is 0 Å². The number of aliphatic imine (C=N–C) groups is 2. The Morgan fingerprint density at radius 3 is 2.57 bits per heavy atom. The second-order valence-corrected chi connectivity index (χ2v) is 2.75. The number of hydrogen-bond donors (Lipinski definition) is 0. The summed E-state index contributed by atoms with van der Waals surface area (Å²) < 4.78 is 0. The first-order chi connectivity index (χ1) is 6.77. The van der Waals surface area contributed by atoms with Crippen molar-refractivity contribution in [2.24, 2.45) is 9.98 Å². The molecule has 14 heavy (non-hydrogen) atoms. The SMILES string of the molecule is CC.CC/C=C1/N=CC(C)=CC1=NC. The van der Waals surface area contributed by atoms with Crippen LogP contribution in [0.3, 0.4) is 0 Å². The van der Waals surface area contributed by atoms with E-state index in [9.17, 15) is 0 Å². The summed E-state index contributed by atoms with van der Waals surface area (Å²) in [7, 11) is 1.80. The second-order valence-electron chi connectivity index (χ2n) is 2.75. The fourth-order valence-corrected chi connectivity index (χ4v) is 1.09. The Morgan fingerprint density at radius 1 is 1.43 bits per heavy atom. The maximum atomic E-state index is 4.29. The normalized spacial score (nSPS) is 20.5. The lowest BCUT2D eigenvalue weighted by Gasteiger charge is -2.07. The van der Waals surface area contributed by atoms with Crippen LogP contribution in [0.4, 0.5) is 0 Å². The van der Waals surface area contributed by atoms with Crippen LogP contribution in [0.15, 0.2) is 33.4 Å². The fourth-order valence-electron chi connectivity index (χ4n) is 1.09. The molecule has 0 spiro atoms. The molecule has 0 aromatic heterocycles. The lowest BCUT2D eigenvalue weighted by molar-refractivity contribution is 1.19. The number of hydrogen-bond acceptors (Lipinski definition) is 2. The second kappa shape index (κ2) is 7.25. The van der Waals surface area contributed by atoms with Gasteiger partial charge in [-0.15, -0.1) is 0 Å². The molecule has 0 bridgehead atoms. The van der Waals surface area contributed by atoms with Crippen LogP contribution in [0.2, 0.25) is 0 Å². The molecule has 1 aliphatic heterocycles. The topological polar surface area (TPSA) is 24.7 Å². The average Bonchev–Trinajstić information content (AvgIpc) is 2.24. The van der Waals surface area contributed by atoms with Gasteiger partial charge in [-0.3, -0.25) is 9.98 Å². The molecule has 1 rings (SSSR count). The van der Waals surface area contributed by atoms with Crippen molar-refractivity contribution in [1.29, 1.82) is 0 Å². The van der Waals surface area contributed by atoms with Crippen molar-refractivity contribution >= 4 is 11.9 Å². The fraction of sp³-hybridized carbons (Fsp3) is 0.500.